The van der Waals surface area contributed by atoms with Crippen molar-refractivity contribution in [2.75, 3.05) is 37.6 Å². The first-order valence-corrected chi connectivity index (χ1v) is 12.5. The fourth-order valence-electron chi connectivity index (χ4n) is 5.40. The summed E-state index contributed by atoms with van der Waals surface area (Å²) in [5.74, 6) is -1.79. The average Bonchev–Trinajstić information content (AvgIpc) is 3.68. The molecule has 2 unspecified atom stereocenters. The molecule has 36 heavy (non-hydrogen) atoms. The number of halogens is 4. The molecule has 2 atom stereocenters. The van der Waals surface area contributed by atoms with E-state index in [9.17, 15) is 18.0 Å². The van der Waals surface area contributed by atoms with Gasteiger partial charge in [0.25, 0.3) is 0 Å². The van der Waals surface area contributed by atoms with Gasteiger partial charge in [-0.1, -0.05) is 30.7 Å². The lowest BCUT2D eigenvalue weighted by Gasteiger charge is -2.42. The molecule has 192 valence electrons. The molecule has 1 amide bonds. The predicted molar refractivity (Wildman–Crippen MR) is 133 cm³/mol. The third-order valence-corrected chi connectivity index (χ3v) is 7.79. The van der Waals surface area contributed by atoms with Crippen LogP contribution in [-0.4, -0.2) is 71.3 Å². The summed E-state index contributed by atoms with van der Waals surface area (Å²) in [4.78, 5) is 22.1. The third-order valence-electron chi connectivity index (χ3n) is 7.52. The van der Waals surface area contributed by atoms with Crippen LogP contribution in [0, 0.1) is 22.7 Å². The number of carbonyl (C=O) groups excluding carboxylic acids is 1. The van der Waals surface area contributed by atoms with Gasteiger partial charge in [0.2, 0.25) is 11.7 Å². The van der Waals surface area contributed by atoms with Crippen LogP contribution in [0.25, 0.3) is 10.9 Å². The van der Waals surface area contributed by atoms with Crippen LogP contribution in [0.15, 0.2) is 24.4 Å². The number of alkyl halides is 3. The van der Waals surface area contributed by atoms with E-state index < -0.39 is 12.0 Å². The number of nitrogens with zero attached hydrogens (tertiary/aromatic N) is 4. The van der Waals surface area contributed by atoms with Gasteiger partial charge in [-0.25, -0.2) is 0 Å². The predicted octanol–water partition coefficient (Wildman–Crippen LogP) is 4.89. The van der Waals surface area contributed by atoms with Crippen LogP contribution in [0.4, 0.5) is 18.9 Å². The van der Waals surface area contributed by atoms with Crippen molar-refractivity contribution < 1.29 is 18.0 Å². The molecule has 1 aromatic carbocycles. The number of benzene rings is 1. The Morgan fingerprint density at radius 3 is 2.56 bits per heavy atom. The number of hydrogen-bond acceptors (Lipinski definition) is 5. The maximum Gasteiger partial charge on any atom is 0.449 e. The first-order valence-electron chi connectivity index (χ1n) is 12.2. The summed E-state index contributed by atoms with van der Waals surface area (Å²) in [5, 5.41) is 16.9. The molecule has 1 aliphatic carbocycles. The van der Waals surface area contributed by atoms with Crippen molar-refractivity contribution in [3.05, 3.63) is 35.0 Å². The molecule has 0 spiro atoms. The van der Waals surface area contributed by atoms with Crippen LogP contribution >= 0.6 is 11.6 Å². The quantitative estimate of drug-likeness (QED) is 0.445. The maximum atomic E-state index is 13.3. The monoisotopic (exact) mass is 520 g/mol. The topological polar surface area (TPSA) is 87.4 Å². The molecule has 3 fully saturated rings. The summed E-state index contributed by atoms with van der Waals surface area (Å²) in [6.07, 6.45) is -0.139. The number of carbonyl (C=O) groups is 1. The second-order valence-electron chi connectivity index (χ2n) is 10.0. The Morgan fingerprint density at radius 1 is 1.17 bits per heavy atom. The molecule has 5 rings (SSSR count). The van der Waals surface area contributed by atoms with E-state index in [1.165, 1.54) is 23.3 Å². The molecular weight excluding hydrogens is 493 g/mol. The van der Waals surface area contributed by atoms with Crippen molar-refractivity contribution in [2.24, 2.45) is 11.8 Å². The molecule has 7 nitrogen and oxygen atoms in total. The Bertz CT molecular complexity index is 1230. The highest BCUT2D eigenvalue weighted by Crippen LogP contribution is 2.43. The van der Waals surface area contributed by atoms with E-state index in [0.29, 0.717) is 35.4 Å². The van der Waals surface area contributed by atoms with Crippen molar-refractivity contribution in [1.82, 2.24) is 14.8 Å². The van der Waals surface area contributed by atoms with Gasteiger partial charge >= 0.3 is 6.18 Å². The number of fused-ring (bicyclic) bond motifs is 1. The van der Waals surface area contributed by atoms with E-state index in [4.69, 9.17) is 22.4 Å². The van der Waals surface area contributed by atoms with Crippen LogP contribution in [0.2, 0.25) is 5.02 Å². The Morgan fingerprint density at radius 2 is 1.92 bits per heavy atom. The number of amides is 1. The summed E-state index contributed by atoms with van der Waals surface area (Å²) in [7, 11) is 0. The van der Waals surface area contributed by atoms with Crippen molar-refractivity contribution in [3.8, 4) is 0 Å². The van der Waals surface area contributed by atoms with Gasteiger partial charge in [-0.3, -0.25) is 20.6 Å². The lowest BCUT2D eigenvalue weighted by atomic mass is 9.85. The molecule has 11 heteroatoms. The van der Waals surface area contributed by atoms with Crippen LogP contribution < -0.4 is 4.90 Å². The number of piperidine rings is 1. The fraction of sp³-hybridized carbons (Fsp3) is 0.520. The summed E-state index contributed by atoms with van der Waals surface area (Å²) in [5.41, 5.74) is 3.13. The highest BCUT2D eigenvalue weighted by Gasteiger charge is 2.43. The van der Waals surface area contributed by atoms with Crippen LogP contribution in [-0.2, 0) is 4.79 Å². The van der Waals surface area contributed by atoms with E-state index in [1.54, 1.807) is 6.20 Å². The van der Waals surface area contributed by atoms with E-state index in [-0.39, 0.29) is 43.2 Å². The first-order chi connectivity index (χ1) is 17.0. The van der Waals surface area contributed by atoms with Crippen molar-refractivity contribution in [1.29, 1.82) is 10.8 Å². The number of amidine groups is 2. The summed E-state index contributed by atoms with van der Waals surface area (Å²) in [6, 6.07) is 6.37. The van der Waals surface area contributed by atoms with Gasteiger partial charge in [-0.05, 0) is 42.7 Å². The van der Waals surface area contributed by atoms with E-state index in [2.05, 4.69) is 28.1 Å². The Balaban J connectivity index is 1.27. The van der Waals surface area contributed by atoms with Gasteiger partial charge < -0.3 is 14.7 Å². The minimum Gasteiger partial charge on any atom is -0.369 e. The van der Waals surface area contributed by atoms with Crippen LogP contribution in [0.3, 0.4) is 0 Å². The smallest absolute Gasteiger partial charge is 0.369 e. The number of pyridine rings is 1. The number of rotatable bonds is 3. The van der Waals surface area contributed by atoms with Crippen LogP contribution in [0.5, 0.6) is 0 Å². The summed E-state index contributed by atoms with van der Waals surface area (Å²) in [6.45, 7) is 2.83. The van der Waals surface area contributed by atoms with Gasteiger partial charge in [0.05, 0.1) is 22.8 Å². The molecule has 2 aromatic rings. The second-order valence-corrected chi connectivity index (χ2v) is 10.4. The molecule has 1 saturated carbocycles. The van der Waals surface area contributed by atoms with Crippen molar-refractivity contribution in [2.45, 2.75) is 38.3 Å². The van der Waals surface area contributed by atoms with E-state index in [1.807, 2.05) is 6.92 Å². The SMILES string of the molecule is CC1CN(c2c(Cl)cnc3cc(C4CC4)ccc23)CCC1C(=O)N1CCN(C(=N)C(F)(F)F)C(=N)C1. The zero-order valence-corrected chi connectivity index (χ0v) is 20.7. The molecule has 3 heterocycles. The second kappa shape index (κ2) is 9.21. The standard InChI is InChI=1S/C25H28ClF3N6O/c1-14-12-33(22-18-5-4-16(15-2-3-15)10-20(18)32-11-19(22)26)7-6-17(14)23(36)34-8-9-35(21(30)13-34)24(31)25(27,28)29/h4-5,10-11,14-15,17,30-31H,2-3,6-9,12-13H2,1H3. The van der Waals surface area contributed by atoms with Gasteiger partial charge in [-0.15, -0.1) is 0 Å². The zero-order chi connectivity index (χ0) is 25.8. The molecule has 1 aromatic heterocycles. The van der Waals surface area contributed by atoms with Crippen molar-refractivity contribution >= 4 is 45.8 Å². The highest BCUT2D eigenvalue weighted by atomic mass is 35.5. The number of anilines is 1. The largest absolute Gasteiger partial charge is 0.449 e. The molecule has 2 saturated heterocycles. The minimum absolute atomic E-state index is 0.0167. The molecular formula is C25H28ClF3N6O. The molecule has 3 aliphatic rings. The van der Waals surface area contributed by atoms with Gasteiger partial charge in [0, 0.05) is 43.7 Å². The Hall–Kier alpha value is -2.88. The van der Waals surface area contributed by atoms with Gasteiger partial charge in [0.1, 0.15) is 5.84 Å². The molecule has 2 aliphatic heterocycles. The molecule has 0 radical (unpaired) electrons. The molecule has 0 bridgehead atoms. The van der Waals surface area contributed by atoms with Gasteiger partial charge in [0.15, 0.2) is 0 Å². The fourth-order valence-corrected chi connectivity index (χ4v) is 5.67. The number of nitrogens with one attached hydrogen (secondary N) is 2. The number of hydrogen-bond donors (Lipinski definition) is 2. The minimum atomic E-state index is -4.82. The number of aromatic nitrogens is 1. The lowest BCUT2D eigenvalue weighted by Crippen LogP contribution is -2.58. The maximum absolute atomic E-state index is 13.3. The zero-order valence-electron chi connectivity index (χ0n) is 19.9. The Kier molecular flexibility index (Phi) is 6.34. The lowest BCUT2D eigenvalue weighted by molar-refractivity contribution is -0.137. The first kappa shape index (κ1) is 24.8. The normalized spacial score (nSPS) is 23.4. The third kappa shape index (κ3) is 4.63. The van der Waals surface area contributed by atoms with E-state index >= 15 is 0 Å². The van der Waals surface area contributed by atoms with E-state index in [0.717, 1.165) is 16.6 Å². The average molecular weight is 521 g/mol. The number of piperazine rings is 1. The summed E-state index contributed by atoms with van der Waals surface area (Å²) < 4.78 is 38.7. The van der Waals surface area contributed by atoms with Crippen molar-refractivity contribution in [3.63, 3.8) is 0 Å². The molecule has 2 N–H and O–H groups in total. The Labute approximate surface area is 212 Å². The van der Waals surface area contributed by atoms with Gasteiger partial charge in [-0.2, -0.15) is 13.2 Å². The van der Waals surface area contributed by atoms with Crippen LogP contribution in [0.1, 0.15) is 37.7 Å². The highest BCUT2D eigenvalue weighted by molar-refractivity contribution is 6.34. The summed E-state index contributed by atoms with van der Waals surface area (Å²) >= 11 is 6.60.